The summed E-state index contributed by atoms with van der Waals surface area (Å²) in [7, 11) is 0. The van der Waals surface area contributed by atoms with Crippen LogP contribution in [-0.2, 0) is 11.4 Å². The van der Waals surface area contributed by atoms with Gasteiger partial charge in [0.05, 0.1) is 5.52 Å². The molecular formula is C25H21N3O2. The number of fused-ring (bicyclic) bond motifs is 1. The average Bonchev–Trinajstić information content (AvgIpc) is 3.64. The monoisotopic (exact) mass is 395 g/mol. The summed E-state index contributed by atoms with van der Waals surface area (Å²) in [4.78, 5) is 21.0. The van der Waals surface area contributed by atoms with Gasteiger partial charge in [-0.15, -0.1) is 0 Å². The molecular weight excluding hydrogens is 374 g/mol. The number of carbonyl (C=O) groups excluding carboxylic acids is 1. The highest BCUT2D eigenvalue weighted by Crippen LogP contribution is 2.31. The maximum atomic E-state index is 12.1. The quantitative estimate of drug-likeness (QED) is 0.486. The molecule has 0 saturated heterocycles. The summed E-state index contributed by atoms with van der Waals surface area (Å²) < 4.78 is 5.89. The van der Waals surface area contributed by atoms with E-state index in [4.69, 9.17) is 4.74 Å². The molecule has 1 fully saturated rings. The highest BCUT2D eigenvalue weighted by atomic mass is 16.5. The van der Waals surface area contributed by atoms with Crippen molar-refractivity contribution in [2.75, 3.05) is 5.32 Å². The lowest BCUT2D eigenvalue weighted by Crippen LogP contribution is -2.15. The number of amides is 1. The van der Waals surface area contributed by atoms with Crippen molar-refractivity contribution in [1.29, 1.82) is 0 Å². The summed E-state index contributed by atoms with van der Waals surface area (Å²) in [5.74, 6) is 1.29. The third kappa shape index (κ3) is 4.01. The molecule has 0 radical (unpaired) electrons. The lowest BCUT2D eigenvalue weighted by Gasteiger charge is -2.10. The second-order valence-electron chi connectivity index (χ2n) is 7.50. The minimum atomic E-state index is 0.00625. The number of ether oxygens (including phenoxy) is 1. The molecule has 1 saturated carbocycles. The van der Waals surface area contributed by atoms with E-state index in [1.54, 1.807) is 6.20 Å². The molecule has 1 N–H and O–H groups in total. The minimum Gasteiger partial charge on any atom is -0.489 e. The first-order valence-corrected chi connectivity index (χ1v) is 10.1. The van der Waals surface area contributed by atoms with E-state index in [2.05, 4.69) is 15.3 Å². The van der Waals surface area contributed by atoms with Crippen LogP contribution >= 0.6 is 0 Å². The van der Waals surface area contributed by atoms with Gasteiger partial charge in [0.15, 0.2) is 0 Å². The lowest BCUT2D eigenvalue weighted by atomic mass is 10.0. The third-order valence-corrected chi connectivity index (χ3v) is 5.21. The van der Waals surface area contributed by atoms with Crippen LogP contribution in [0.25, 0.3) is 22.0 Å². The molecule has 5 nitrogen and oxygen atoms in total. The fourth-order valence-corrected chi connectivity index (χ4v) is 3.38. The van der Waals surface area contributed by atoms with Crippen molar-refractivity contribution in [3.8, 4) is 16.9 Å². The summed E-state index contributed by atoms with van der Waals surface area (Å²) in [5.41, 5.74) is 3.97. The number of hydrogen-bond acceptors (Lipinski definition) is 4. The van der Waals surface area contributed by atoms with Crippen molar-refractivity contribution < 1.29 is 9.53 Å². The second-order valence-corrected chi connectivity index (χ2v) is 7.50. The van der Waals surface area contributed by atoms with Gasteiger partial charge in [-0.3, -0.25) is 10.1 Å². The minimum absolute atomic E-state index is 0.00625. The molecule has 0 spiro atoms. The fourth-order valence-electron chi connectivity index (χ4n) is 3.38. The van der Waals surface area contributed by atoms with Crippen molar-refractivity contribution in [3.05, 3.63) is 84.6 Å². The molecule has 148 valence electrons. The Hall–Kier alpha value is -3.73. The number of para-hydroxylation sites is 1. The molecule has 1 aliphatic rings. The number of anilines is 1. The van der Waals surface area contributed by atoms with E-state index in [0.717, 1.165) is 46.2 Å². The molecule has 0 atom stereocenters. The summed E-state index contributed by atoms with van der Waals surface area (Å²) in [6.45, 7) is 0.533. The molecule has 0 bridgehead atoms. The first kappa shape index (κ1) is 18.3. The molecule has 1 heterocycles. The summed E-state index contributed by atoms with van der Waals surface area (Å²) in [5, 5.41) is 3.77. The predicted octanol–water partition coefficient (Wildman–Crippen LogP) is 5.22. The van der Waals surface area contributed by atoms with Gasteiger partial charge in [0.25, 0.3) is 0 Å². The van der Waals surface area contributed by atoms with Gasteiger partial charge >= 0.3 is 0 Å². The topological polar surface area (TPSA) is 64.1 Å². The number of nitrogens with zero attached hydrogens (tertiary/aromatic N) is 2. The van der Waals surface area contributed by atoms with Gasteiger partial charge in [-0.2, -0.15) is 0 Å². The second kappa shape index (κ2) is 7.95. The number of nitrogens with one attached hydrogen (secondary N) is 1. The predicted molar refractivity (Wildman–Crippen MR) is 117 cm³/mol. The number of carbonyl (C=O) groups is 1. The average molecular weight is 395 g/mol. The molecule has 1 amide bonds. The molecule has 5 rings (SSSR count). The van der Waals surface area contributed by atoms with Crippen LogP contribution in [0.5, 0.6) is 5.75 Å². The molecule has 5 heteroatoms. The van der Waals surface area contributed by atoms with E-state index >= 15 is 0 Å². The van der Waals surface area contributed by atoms with Crippen LogP contribution in [0.4, 0.5) is 5.95 Å². The van der Waals surface area contributed by atoms with Gasteiger partial charge in [-0.25, -0.2) is 9.97 Å². The largest absolute Gasteiger partial charge is 0.489 e. The summed E-state index contributed by atoms with van der Waals surface area (Å²) in [6, 6.07) is 24.1. The fraction of sp³-hybridized carbons (Fsp3) is 0.160. The maximum absolute atomic E-state index is 12.1. The van der Waals surface area contributed by atoms with Crippen molar-refractivity contribution in [1.82, 2.24) is 9.97 Å². The van der Waals surface area contributed by atoms with Gasteiger partial charge in [-0.1, -0.05) is 60.7 Å². The van der Waals surface area contributed by atoms with Crippen molar-refractivity contribution in [2.45, 2.75) is 19.4 Å². The van der Waals surface area contributed by atoms with E-state index in [9.17, 15) is 4.79 Å². The van der Waals surface area contributed by atoms with Crippen LogP contribution in [0.1, 0.15) is 18.4 Å². The normalized spacial score (nSPS) is 13.2. The zero-order valence-electron chi connectivity index (χ0n) is 16.4. The number of aromatic nitrogens is 2. The smallest absolute Gasteiger partial charge is 0.229 e. The molecule has 4 aromatic rings. The standard InChI is InChI=1S/C25H21N3O2/c29-24(19-9-10-19)28-25-26-15-20-7-4-8-22(23(20)27-25)18-11-13-21(14-12-18)30-16-17-5-2-1-3-6-17/h1-8,11-15,19H,9-10,16H2,(H,26,27,28,29). The van der Waals surface area contributed by atoms with Gasteiger partial charge in [0.1, 0.15) is 12.4 Å². The Bertz CT molecular complexity index is 1190. The molecule has 0 unspecified atom stereocenters. The molecule has 3 aromatic carbocycles. The first-order valence-electron chi connectivity index (χ1n) is 10.1. The zero-order valence-corrected chi connectivity index (χ0v) is 16.4. The Kier molecular flexibility index (Phi) is 4.85. The van der Waals surface area contributed by atoms with Crippen LogP contribution in [0.15, 0.2) is 79.0 Å². The third-order valence-electron chi connectivity index (χ3n) is 5.21. The van der Waals surface area contributed by atoms with Crippen molar-refractivity contribution >= 4 is 22.8 Å². The van der Waals surface area contributed by atoms with Gasteiger partial charge in [0.2, 0.25) is 11.9 Å². The Labute approximate surface area is 174 Å². The van der Waals surface area contributed by atoms with Crippen LogP contribution in [0, 0.1) is 5.92 Å². The van der Waals surface area contributed by atoms with Crippen molar-refractivity contribution in [2.24, 2.45) is 5.92 Å². The van der Waals surface area contributed by atoms with Crippen LogP contribution in [0.2, 0.25) is 0 Å². The van der Waals surface area contributed by atoms with Crippen molar-refractivity contribution in [3.63, 3.8) is 0 Å². The highest BCUT2D eigenvalue weighted by Gasteiger charge is 2.30. The molecule has 1 aliphatic carbocycles. The lowest BCUT2D eigenvalue weighted by molar-refractivity contribution is -0.117. The zero-order chi connectivity index (χ0) is 20.3. The molecule has 30 heavy (non-hydrogen) atoms. The Morgan fingerprint density at radius 1 is 0.967 bits per heavy atom. The van der Waals surface area contributed by atoms with E-state index in [0.29, 0.717) is 12.6 Å². The first-order chi connectivity index (χ1) is 14.8. The summed E-state index contributed by atoms with van der Waals surface area (Å²) >= 11 is 0. The number of benzene rings is 3. The summed E-state index contributed by atoms with van der Waals surface area (Å²) in [6.07, 6.45) is 3.65. The van der Waals surface area contributed by atoms with Crippen LogP contribution in [-0.4, -0.2) is 15.9 Å². The van der Waals surface area contributed by atoms with Gasteiger partial charge in [0, 0.05) is 23.1 Å². The van der Waals surface area contributed by atoms with Crippen LogP contribution in [0.3, 0.4) is 0 Å². The molecule has 0 aliphatic heterocycles. The highest BCUT2D eigenvalue weighted by molar-refractivity contribution is 5.96. The Morgan fingerprint density at radius 2 is 1.77 bits per heavy atom. The van der Waals surface area contributed by atoms with Gasteiger partial charge < -0.3 is 4.74 Å². The Morgan fingerprint density at radius 3 is 2.53 bits per heavy atom. The van der Waals surface area contributed by atoms with E-state index < -0.39 is 0 Å². The number of rotatable bonds is 6. The van der Waals surface area contributed by atoms with E-state index in [1.165, 1.54) is 0 Å². The maximum Gasteiger partial charge on any atom is 0.229 e. The Balaban J connectivity index is 1.38. The SMILES string of the molecule is O=C(Nc1ncc2cccc(-c3ccc(OCc4ccccc4)cc3)c2n1)C1CC1. The van der Waals surface area contributed by atoms with E-state index in [-0.39, 0.29) is 11.8 Å². The van der Waals surface area contributed by atoms with Gasteiger partial charge in [-0.05, 0) is 36.1 Å². The van der Waals surface area contributed by atoms with E-state index in [1.807, 2.05) is 72.8 Å². The van der Waals surface area contributed by atoms with Crippen LogP contribution < -0.4 is 10.1 Å². The number of hydrogen-bond donors (Lipinski definition) is 1. The molecule has 1 aromatic heterocycles.